The third-order valence-electron chi connectivity index (χ3n) is 17.3. The predicted molar refractivity (Wildman–Crippen MR) is 197 cm³/mol. The van der Waals surface area contributed by atoms with Crippen molar-refractivity contribution in [3.05, 3.63) is 11.6 Å². The summed E-state index contributed by atoms with van der Waals surface area (Å²) in [6.07, 6.45) is -9.62. The average molecular weight is 813 g/mol. The highest BCUT2D eigenvalue weighted by Crippen LogP contribution is 2.76. The van der Waals surface area contributed by atoms with E-state index in [1.165, 1.54) is 0 Å². The quantitative estimate of drug-likeness (QED) is 0.118. The standard InChI is InChI=1S/C41H64O16/c1-36(34(50)51)10-12-41(35(52)53)13-11-39(4)19(20(41)14-36)6-7-25-37(2)15-21(44)31(38(3,18-43)24(37)8-9-40(25,39)5)57-32-29(48)27(46)23(17-54-32)56-33-30(49)28(47)26(45)22(16-42)55-33/h6,20-33,42-49H,7-18H2,1-5H3,(H,50,51)(H,52,53)/t20-,21-,22+,23+,24?,25?,26+,27-,28-,29+,30+,31-,32-,33-,36-,37-,38-,39+,40+,41-/m0/s1. The minimum atomic E-state index is -1.74. The summed E-state index contributed by atoms with van der Waals surface area (Å²) in [6, 6.07) is 0. The van der Waals surface area contributed by atoms with Gasteiger partial charge in [-0.3, -0.25) is 9.59 Å². The average Bonchev–Trinajstić information content (AvgIpc) is 3.16. The van der Waals surface area contributed by atoms with Crippen molar-refractivity contribution >= 4 is 11.9 Å². The molecule has 10 N–H and O–H groups in total. The van der Waals surface area contributed by atoms with Crippen molar-refractivity contribution in [2.45, 2.75) is 160 Å². The minimum Gasteiger partial charge on any atom is -0.481 e. The molecule has 324 valence electrons. The Kier molecular flexibility index (Phi) is 11.2. The monoisotopic (exact) mass is 812 g/mol. The van der Waals surface area contributed by atoms with Crippen LogP contribution in [0.1, 0.15) is 92.4 Å². The Balaban J connectivity index is 1.11. The first-order valence-corrected chi connectivity index (χ1v) is 20.6. The van der Waals surface area contributed by atoms with E-state index in [0.717, 1.165) is 12.0 Å². The van der Waals surface area contributed by atoms with Gasteiger partial charge in [-0.2, -0.15) is 0 Å². The molecule has 2 unspecified atom stereocenters. The van der Waals surface area contributed by atoms with Gasteiger partial charge in [0.05, 0.1) is 42.9 Å². The lowest BCUT2D eigenvalue weighted by molar-refractivity contribution is -0.357. The molecule has 0 aromatic carbocycles. The van der Waals surface area contributed by atoms with Gasteiger partial charge in [-0.25, -0.2) is 0 Å². The van der Waals surface area contributed by atoms with Crippen LogP contribution in [0.5, 0.6) is 0 Å². The number of hydrogen-bond donors (Lipinski definition) is 10. The summed E-state index contributed by atoms with van der Waals surface area (Å²) in [4.78, 5) is 25.6. The molecule has 2 saturated heterocycles. The maximum Gasteiger partial charge on any atom is 0.310 e. The fraction of sp³-hybridized carbons (Fsp3) is 0.902. The van der Waals surface area contributed by atoms with Gasteiger partial charge in [-0.15, -0.1) is 0 Å². The van der Waals surface area contributed by atoms with E-state index < -0.39 is 119 Å². The van der Waals surface area contributed by atoms with Gasteiger partial charge in [0, 0.05) is 5.41 Å². The van der Waals surface area contributed by atoms with Gasteiger partial charge in [-0.1, -0.05) is 39.3 Å². The molecule has 0 aromatic rings. The van der Waals surface area contributed by atoms with Gasteiger partial charge in [0.1, 0.15) is 42.7 Å². The molecular formula is C41H64O16. The third kappa shape index (κ3) is 6.21. The van der Waals surface area contributed by atoms with Gasteiger partial charge >= 0.3 is 11.9 Å². The highest BCUT2D eigenvalue weighted by Gasteiger charge is 2.71. The van der Waals surface area contributed by atoms with Crippen molar-refractivity contribution in [1.29, 1.82) is 0 Å². The van der Waals surface area contributed by atoms with Crippen LogP contribution in [0.25, 0.3) is 0 Å². The second-order valence-corrected chi connectivity index (χ2v) is 19.9. The summed E-state index contributed by atoms with van der Waals surface area (Å²) in [5, 5.41) is 107. The maximum absolute atomic E-state index is 13.1. The van der Waals surface area contributed by atoms with Crippen LogP contribution in [0.2, 0.25) is 0 Å². The molecule has 2 heterocycles. The van der Waals surface area contributed by atoms with Crippen molar-refractivity contribution in [2.24, 2.45) is 50.2 Å². The number of carboxylic acids is 2. The maximum atomic E-state index is 13.1. The van der Waals surface area contributed by atoms with Gasteiger partial charge < -0.3 is 70.0 Å². The first-order chi connectivity index (χ1) is 26.6. The Labute approximate surface area is 332 Å². The molecule has 16 nitrogen and oxygen atoms in total. The zero-order chi connectivity index (χ0) is 41.8. The normalized spacial score (nSPS) is 55.0. The summed E-state index contributed by atoms with van der Waals surface area (Å²) >= 11 is 0. The lowest BCUT2D eigenvalue weighted by Gasteiger charge is -2.71. The predicted octanol–water partition coefficient (Wildman–Crippen LogP) is 0.529. The van der Waals surface area contributed by atoms with E-state index in [0.29, 0.717) is 44.9 Å². The Morgan fingerprint density at radius 3 is 2.07 bits per heavy atom. The minimum absolute atomic E-state index is 0.0180. The summed E-state index contributed by atoms with van der Waals surface area (Å²) in [5.74, 6) is -2.32. The molecule has 0 radical (unpaired) electrons. The highest BCUT2D eigenvalue weighted by atomic mass is 16.7. The van der Waals surface area contributed by atoms with Crippen molar-refractivity contribution < 1.29 is 79.6 Å². The number of fused-ring (bicyclic) bond motifs is 7. The third-order valence-corrected chi connectivity index (χ3v) is 17.3. The number of allylic oxidation sites excluding steroid dienone is 2. The van der Waals surface area contributed by atoms with E-state index in [1.807, 2.05) is 6.92 Å². The molecule has 16 heteroatoms. The SMILES string of the molecule is C[C@]1(C(=O)O)CC[C@]2(C(=O)O)CC[C@]3(C)C(=CCC4[C@@]5(C)C[C@H](O)[C@H](O[C@@H]6OC[C@@H](O[C@@H]7O[C@H](CO)[C@@H](O)[C@H](O)[C@H]7O)[C@H](O)[C@H]6O)[C@@](C)(CO)C5CC[C@]43C)[C@@H]2C1. The van der Waals surface area contributed by atoms with Crippen LogP contribution in [-0.2, 0) is 28.5 Å². The number of aliphatic carboxylic acids is 2. The summed E-state index contributed by atoms with van der Waals surface area (Å²) in [7, 11) is 0. The molecular weight excluding hydrogens is 748 g/mol. The fourth-order valence-electron chi connectivity index (χ4n) is 13.5. The largest absolute Gasteiger partial charge is 0.481 e. The molecule has 57 heavy (non-hydrogen) atoms. The van der Waals surface area contributed by atoms with E-state index in [4.69, 9.17) is 18.9 Å². The molecule has 5 aliphatic carbocycles. The molecule has 7 aliphatic rings. The number of hydrogen-bond acceptors (Lipinski definition) is 14. The van der Waals surface area contributed by atoms with Gasteiger partial charge in [0.15, 0.2) is 12.6 Å². The topological polar surface area (TPSA) is 273 Å². The number of ether oxygens (including phenoxy) is 4. The molecule has 7 rings (SSSR count). The van der Waals surface area contributed by atoms with E-state index >= 15 is 0 Å². The van der Waals surface area contributed by atoms with Gasteiger partial charge in [0.25, 0.3) is 0 Å². The molecule has 20 atom stereocenters. The molecule has 4 saturated carbocycles. The lowest BCUT2D eigenvalue weighted by Crippen LogP contribution is -2.69. The molecule has 0 spiro atoms. The zero-order valence-electron chi connectivity index (χ0n) is 33.6. The Hall–Kier alpha value is -1.80. The van der Waals surface area contributed by atoms with Gasteiger partial charge in [0.2, 0.25) is 0 Å². The Morgan fingerprint density at radius 1 is 0.772 bits per heavy atom. The number of carboxylic acid groups (broad SMARTS) is 2. The fourth-order valence-corrected chi connectivity index (χ4v) is 13.5. The molecule has 2 aliphatic heterocycles. The van der Waals surface area contributed by atoms with Crippen LogP contribution in [-0.4, -0.2) is 150 Å². The second-order valence-electron chi connectivity index (χ2n) is 19.9. The molecule has 6 fully saturated rings. The zero-order valence-corrected chi connectivity index (χ0v) is 33.6. The number of carbonyl (C=O) groups is 2. The van der Waals surface area contributed by atoms with Gasteiger partial charge in [-0.05, 0) is 98.7 Å². The van der Waals surface area contributed by atoms with E-state index in [-0.39, 0.29) is 36.9 Å². The van der Waals surface area contributed by atoms with Crippen molar-refractivity contribution in [3.63, 3.8) is 0 Å². The van der Waals surface area contributed by atoms with E-state index in [2.05, 4.69) is 26.8 Å². The second kappa shape index (κ2) is 14.7. The number of rotatable bonds is 8. The highest BCUT2D eigenvalue weighted by molar-refractivity contribution is 5.79. The van der Waals surface area contributed by atoms with Crippen LogP contribution in [0, 0.1) is 50.2 Å². The summed E-state index contributed by atoms with van der Waals surface area (Å²) < 4.78 is 23.2. The Morgan fingerprint density at radius 2 is 1.44 bits per heavy atom. The van der Waals surface area contributed by atoms with E-state index in [9.17, 15) is 60.7 Å². The van der Waals surface area contributed by atoms with E-state index in [1.54, 1.807) is 6.92 Å². The molecule has 0 amide bonds. The summed E-state index contributed by atoms with van der Waals surface area (Å²) in [5.41, 5.74) is -3.31. The van der Waals surface area contributed by atoms with Crippen molar-refractivity contribution in [2.75, 3.05) is 19.8 Å². The Bertz CT molecular complexity index is 1590. The van der Waals surface area contributed by atoms with Crippen molar-refractivity contribution in [1.82, 2.24) is 0 Å². The van der Waals surface area contributed by atoms with Crippen LogP contribution in [0.15, 0.2) is 11.6 Å². The first kappa shape index (κ1) is 43.3. The number of aliphatic hydroxyl groups is 8. The van der Waals surface area contributed by atoms with Crippen LogP contribution in [0.3, 0.4) is 0 Å². The van der Waals surface area contributed by atoms with Crippen LogP contribution < -0.4 is 0 Å². The molecule has 0 bridgehead atoms. The van der Waals surface area contributed by atoms with Crippen LogP contribution >= 0.6 is 0 Å². The first-order valence-electron chi connectivity index (χ1n) is 20.6. The molecule has 0 aromatic heterocycles. The summed E-state index contributed by atoms with van der Waals surface area (Å²) in [6.45, 7) is 8.87. The lowest BCUT2D eigenvalue weighted by atomic mass is 9.33. The van der Waals surface area contributed by atoms with Crippen molar-refractivity contribution in [3.8, 4) is 0 Å². The number of aliphatic hydroxyl groups excluding tert-OH is 8. The smallest absolute Gasteiger partial charge is 0.310 e. The van der Waals surface area contributed by atoms with Crippen LogP contribution in [0.4, 0.5) is 0 Å².